The van der Waals surface area contributed by atoms with Gasteiger partial charge in [-0.2, -0.15) is 0 Å². The smallest absolute Gasteiger partial charge is 0.119 e. The maximum Gasteiger partial charge on any atom is 0.119 e. The lowest BCUT2D eigenvalue weighted by Gasteiger charge is -2.14. The van der Waals surface area contributed by atoms with Gasteiger partial charge in [-0.25, -0.2) is 0 Å². The van der Waals surface area contributed by atoms with Crippen LogP contribution in [0.4, 0.5) is 0 Å². The van der Waals surface area contributed by atoms with Crippen LogP contribution in [0.2, 0.25) is 0 Å². The third-order valence-corrected chi connectivity index (χ3v) is 9.96. The van der Waals surface area contributed by atoms with Gasteiger partial charge in [-0.1, -0.05) is 109 Å². The van der Waals surface area contributed by atoms with Gasteiger partial charge in [0.2, 0.25) is 0 Å². The number of fused-ring (bicyclic) bond motifs is 2. The summed E-state index contributed by atoms with van der Waals surface area (Å²) in [5.41, 5.74) is 13.8. The summed E-state index contributed by atoms with van der Waals surface area (Å²) >= 11 is 0. The van der Waals surface area contributed by atoms with Crippen molar-refractivity contribution in [1.29, 1.82) is 0 Å². The Kier molecular flexibility index (Phi) is 7.90. The number of ether oxygens (including phenoxy) is 2. The molecule has 7 aromatic carbocycles. The van der Waals surface area contributed by atoms with Crippen LogP contribution in [0.3, 0.4) is 0 Å². The second-order valence-electron chi connectivity index (χ2n) is 13.0. The molecule has 0 fully saturated rings. The number of nitrogens with zero attached hydrogens (tertiary/aromatic N) is 2. The molecule has 0 atom stereocenters. The van der Waals surface area contributed by atoms with Crippen LogP contribution in [-0.2, 0) is 0 Å². The zero-order chi connectivity index (χ0) is 35.0. The molecule has 0 aliphatic rings. The molecule has 0 saturated carbocycles. The standard InChI is InChI=1S/C48H36N2O2/c1-51-43-25-21-41(22-26-43)49-45(37-17-13-35(14-18-37)33-9-5-3-6-10-33)29-39-32-48-40(31-47(39)49)30-46(50(48)42-23-27-44(52-2)28-24-42)38-19-15-36(16-20-38)34-11-7-4-8-12-34/h3-32H,1-2H3. The average molecular weight is 673 g/mol. The normalized spacial score (nSPS) is 11.3. The maximum absolute atomic E-state index is 5.53. The highest BCUT2D eigenvalue weighted by Gasteiger charge is 2.19. The van der Waals surface area contributed by atoms with E-state index in [9.17, 15) is 0 Å². The van der Waals surface area contributed by atoms with Crippen LogP contribution in [-0.4, -0.2) is 23.4 Å². The summed E-state index contributed by atoms with van der Waals surface area (Å²) in [5.74, 6) is 1.66. The molecule has 0 radical (unpaired) electrons. The lowest BCUT2D eigenvalue weighted by Crippen LogP contribution is -1.98. The lowest BCUT2D eigenvalue weighted by atomic mass is 10.0. The van der Waals surface area contributed by atoms with Crippen molar-refractivity contribution in [1.82, 2.24) is 9.13 Å². The monoisotopic (exact) mass is 672 g/mol. The van der Waals surface area contributed by atoms with E-state index in [4.69, 9.17) is 9.47 Å². The Balaban J connectivity index is 1.24. The second-order valence-corrected chi connectivity index (χ2v) is 13.0. The Hall–Kier alpha value is -6.78. The number of hydrogen-bond donors (Lipinski definition) is 0. The minimum absolute atomic E-state index is 0.829. The quantitative estimate of drug-likeness (QED) is 0.161. The first-order valence-electron chi connectivity index (χ1n) is 17.5. The van der Waals surface area contributed by atoms with Gasteiger partial charge in [0, 0.05) is 22.1 Å². The van der Waals surface area contributed by atoms with E-state index in [0.29, 0.717) is 0 Å². The van der Waals surface area contributed by atoms with Crippen molar-refractivity contribution in [3.63, 3.8) is 0 Å². The predicted molar refractivity (Wildman–Crippen MR) is 215 cm³/mol. The van der Waals surface area contributed by atoms with Crippen LogP contribution in [0.25, 0.3) is 77.9 Å². The lowest BCUT2D eigenvalue weighted by molar-refractivity contribution is 0.414. The Labute approximate surface area is 303 Å². The average Bonchev–Trinajstić information content (AvgIpc) is 3.79. The number of methoxy groups -OCH3 is 2. The van der Waals surface area contributed by atoms with E-state index in [0.717, 1.165) is 67.2 Å². The van der Waals surface area contributed by atoms with E-state index < -0.39 is 0 Å². The van der Waals surface area contributed by atoms with Crippen LogP contribution in [0, 0.1) is 0 Å². The van der Waals surface area contributed by atoms with Gasteiger partial charge in [0.15, 0.2) is 0 Å². The van der Waals surface area contributed by atoms with Gasteiger partial charge in [-0.3, -0.25) is 0 Å². The van der Waals surface area contributed by atoms with Crippen molar-refractivity contribution in [3.05, 3.63) is 182 Å². The van der Waals surface area contributed by atoms with E-state index in [1.165, 1.54) is 22.3 Å². The summed E-state index contributed by atoms with van der Waals surface area (Å²) in [6, 6.07) is 64.7. The number of hydrogen-bond acceptors (Lipinski definition) is 2. The molecule has 0 spiro atoms. The molecule has 9 rings (SSSR count). The molecule has 0 unspecified atom stereocenters. The van der Waals surface area contributed by atoms with Crippen molar-refractivity contribution >= 4 is 21.8 Å². The summed E-state index contributed by atoms with van der Waals surface area (Å²) < 4.78 is 15.8. The van der Waals surface area contributed by atoms with Gasteiger partial charge in [0.05, 0.1) is 36.6 Å². The first-order chi connectivity index (χ1) is 25.7. The number of rotatable bonds is 8. The molecule has 250 valence electrons. The van der Waals surface area contributed by atoms with Gasteiger partial charge in [-0.05, 0) is 106 Å². The van der Waals surface area contributed by atoms with Crippen LogP contribution in [0.5, 0.6) is 11.5 Å². The van der Waals surface area contributed by atoms with Crippen LogP contribution in [0.1, 0.15) is 0 Å². The molecule has 0 saturated heterocycles. The summed E-state index contributed by atoms with van der Waals surface area (Å²) in [6.45, 7) is 0. The number of aromatic nitrogens is 2. The van der Waals surface area contributed by atoms with Crippen LogP contribution >= 0.6 is 0 Å². The second kappa shape index (κ2) is 13.2. The Morgan fingerprint density at radius 2 is 0.654 bits per heavy atom. The minimum atomic E-state index is 0.829. The summed E-state index contributed by atoms with van der Waals surface area (Å²) in [5, 5.41) is 2.31. The van der Waals surface area contributed by atoms with Gasteiger partial charge >= 0.3 is 0 Å². The van der Waals surface area contributed by atoms with Gasteiger partial charge < -0.3 is 18.6 Å². The molecule has 0 aliphatic carbocycles. The van der Waals surface area contributed by atoms with Crippen molar-refractivity contribution in [2.45, 2.75) is 0 Å². The van der Waals surface area contributed by atoms with E-state index in [1.807, 2.05) is 24.3 Å². The van der Waals surface area contributed by atoms with E-state index in [1.54, 1.807) is 14.2 Å². The molecular weight excluding hydrogens is 637 g/mol. The van der Waals surface area contributed by atoms with Crippen molar-refractivity contribution in [3.8, 4) is 67.6 Å². The summed E-state index contributed by atoms with van der Waals surface area (Å²) in [4.78, 5) is 0. The van der Waals surface area contributed by atoms with Crippen LogP contribution < -0.4 is 9.47 Å². The fraction of sp³-hybridized carbons (Fsp3) is 0.0417. The molecule has 2 heterocycles. The predicted octanol–water partition coefficient (Wildman–Crippen LogP) is 12.3. The Bertz CT molecular complexity index is 2450. The highest BCUT2D eigenvalue weighted by Crippen LogP contribution is 2.39. The third-order valence-electron chi connectivity index (χ3n) is 9.96. The Morgan fingerprint density at radius 3 is 1.00 bits per heavy atom. The molecular formula is C48H36N2O2. The fourth-order valence-corrected chi connectivity index (χ4v) is 7.28. The van der Waals surface area contributed by atoms with Crippen LogP contribution in [0.15, 0.2) is 182 Å². The van der Waals surface area contributed by atoms with E-state index in [2.05, 4.69) is 167 Å². The third kappa shape index (κ3) is 5.61. The molecule has 9 aromatic rings. The first-order valence-corrected chi connectivity index (χ1v) is 17.5. The molecule has 0 amide bonds. The zero-order valence-corrected chi connectivity index (χ0v) is 29.0. The topological polar surface area (TPSA) is 28.3 Å². The van der Waals surface area contributed by atoms with Crippen molar-refractivity contribution in [2.75, 3.05) is 14.2 Å². The summed E-state index contributed by atoms with van der Waals surface area (Å²) in [7, 11) is 3.41. The SMILES string of the molecule is COc1ccc(-n2c(-c3ccc(-c4ccccc4)cc3)cc3cc4c(cc(-c5ccc(-c6ccccc6)cc5)n4-c4ccc(OC)cc4)cc32)cc1. The fourth-order valence-electron chi connectivity index (χ4n) is 7.28. The molecule has 0 aliphatic heterocycles. The van der Waals surface area contributed by atoms with Gasteiger partial charge in [0.1, 0.15) is 11.5 Å². The van der Waals surface area contributed by atoms with E-state index in [-0.39, 0.29) is 0 Å². The molecule has 4 heteroatoms. The Morgan fingerprint density at radius 1 is 0.327 bits per heavy atom. The maximum atomic E-state index is 5.53. The molecule has 52 heavy (non-hydrogen) atoms. The zero-order valence-electron chi connectivity index (χ0n) is 29.0. The summed E-state index contributed by atoms with van der Waals surface area (Å²) in [6.07, 6.45) is 0. The van der Waals surface area contributed by atoms with Gasteiger partial charge in [-0.15, -0.1) is 0 Å². The molecule has 4 nitrogen and oxygen atoms in total. The molecule has 2 aromatic heterocycles. The van der Waals surface area contributed by atoms with Gasteiger partial charge in [0.25, 0.3) is 0 Å². The molecule has 0 bridgehead atoms. The van der Waals surface area contributed by atoms with E-state index >= 15 is 0 Å². The van der Waals surface area contributed by atoms with Crippen molar-refractivity contribution < 1.29 is 9.47 Å². The largest absolute Gasteiger partial charge is 0.497 e. The first kappa shape index (κ1) is 31.2. The highest BCUT2D eigenvalue weighted by atomic mass is 16.5. The van der Waals surface area contributed by atoms with Crippen molar-refractivity contribution in [2.24, 2.45) is 0 Å². The number of benzene rings is 7. The highest BCUT2D eigenvalue weighted by molar-refractivity contribution is 6.02. The minimum Gasteiger partial charge on any atom is -0.497 e. The molecule has 0 N–H and O–H groups in total.